The van der Waals surface area contributed by atoms with Crippen molar-refractivity contribution in [3.05, 3.63) is 48.0 Å². The number of nitrogens with one attached hydrogen (secondary N) is 1. The lowest BCUT2D eigenvalue weighted by molar-refractivity contribution is 0.319. The molecule has 2 unspecified atom stereocenters. The monoisotopic (exact) mass is 239 g/mol. The summed E-state index contributed by atoms with van der Waals surface area (Å²) in [5.74, 6) is 0.867. The first-order chi connectivity index (χ1) is 8.83. The quantitative estimate of drug-likeness (QED) is 0.841. The van der Waals surface area contributed by atoms with Crippen LogP contribution in [0.1, 0.15) is 25.3 Å². The molecule has 3 rings (SSSR count). The van der Waals surface area contributed by atoms with Gasteiger partial charge in [0.1, 0.15) is 0 Å². The predicted octanol–water partition coefficient (Wildman–Crippen LogP) is 3.77. The van der Waals surface area contributed by atoms with Crippen molar-refractivity contribution < 1.29 is 0 Å². The Kier molecular flexibility index (Phi) is 3.33. The van der Waals surface area contributed by atoms with Crippen LogP contribution in [0.2, 0.25) is 0 Å². The zero-order valence-corrected chi connectivity index (χ0v) is 11.0. The molecule has 1 fully saturated rings. The summed E-state index contributed by atoms with van der Waals surface area (Å²) < 4.78 is 0. The molecule has 0 saturated carbocycles. The second kappa shape index (κ2) is 5.11. The van der Waals surface area contributed by atoms with Crippen molar-refractivity contribution in [3.8, 4) is 0 Å². The van der Waals surface area contributed by atoms with Crippen LogP contribution in [-0.2, 0) is 6.42 Å². The van der Waals surface area contributed by atoms with Crippen molar-refractivity contribution in [2.24, 2.45) is 5.92 Å². The van der Waals surface area contributed by atoms with Crippen LogP contribution in [0.5, 0.6) is 0 Å². The fourth-order valence-corrected chi connectivity index (χ4v) is 3.11. The molecule has 0 spiro atoms. The van der Waals surface area contributed by atoms with Gasteiger partial charge in [-0.3, -0.25) is 0 Å². The molecule has 1 saturated heterocycles. The van der Waals surface area contributed by atoms with E-state index in [1.807, 2.05) is 0 Å². The van der Waals surface area contributed by atoms with Gasteiger partial charge in [0.2, 0.25) is 0 Å². The predicted molar refractivity (Wildman–Crippen MR) is 77.8 cm³/mol. The Bertz CT molecular complexity index is 527. The van der Waals surface area contributed by atoms with Crippen molar-refractivity contribution in [2.45, 2.75) is 32.2 Å². The zero-order valence-electron chi connectivity index (χ0n) is 11.0. The number of rotatable bonds is 2. The standard InChI is InChI=1S/C17H21N/c1-13-9-10-18-16(11-13)12-15-7-4-6-14-5-2-3-8-17(14)15/h2-8,13,16,18H,9-12H2,1H3. The Morgan fingerprint density at radius 2 is 1.94 bits per heavy atom. The minimum absolute atomic E-state index is 0.652. The highest BCUT2D eigenvalue weighted by Crippen LogP contribution is 2.23. The molecule has 2 aromatic rings. The van der Waals surface area contributed by atoms with E-state index >= 15 is 0 Å². The molecule has 1 aliphatic rings. The number of fused-ring (bicyclic) bond motifs is 1. The molecule has 1 heteroatoms. The molecule has 0 aromatic heterocycles. The molecule has 0 radical (unpaired) electrons. The molecule has 2 aromatic carbocycles. The Labute approximate surface area is 109 Å². The second-order valence-corrected chi connectivity index (χ2v) is 5.62. The van der Waals surface area contributed by atoms with E-state index in [2.05, 4.69) is 54.7 Å². The smallest absolute Gasteiger partial charge is 0.0110 e. The Morgan fingerprint density at radius 3 is 2.83 bits per heavy atom. The number of piperidine rings is 1. The molecular formula is C17H21N. The van der Waals surface area contributed by atoms with Crippen LogP contribution in [0.25, 0.3) is 10.8 Å². The van der Waals surface area contributed by atoms with Crippen molar-refractivity contribution >= 4 is 10.8 Å². The SMILES string of the molecule is CC1CCNC(Cc2cccc3ccccc23)C1. The summed E-state index contributed by atoms with van der Waals surface area (Å²) >= 11 is 0. The largest absolute Gasteiger partial charge is 0.314 e. The molecule has 18 heavy (non-hydrogen) atoms. The van der Waals surface area contributed by atoms with E-state index in [4.69, 9.17) is 0 Å². The maximum atomic E-state index is 3.66. The molecule has 0 amide bonds. The molecule has 0 aliphatic carbocycles. The fraction of sp³-hybridized carbons (Fsp3) is 0.412. The highest BCUT2D eigenvalue weighted by atomic mass is 14.9. The summed E-state index contributed by atoms with van der Waals surface area (Å²) in [7, 11) is 0. The van der Waals surface area contributed by atoms with Gasteiger partial charge >= 0.3 is 0 Å². The average Bonchev–Trinajstić information content (AvgIpc) is 2.39. The topological polar surface area (TPSA) is 12.0 Å². The van der Waals surface area contributed by atoms with Gasteiger partial charge in [-0.1, -0.05) is 49.4 Å². The van der Waals surface area contributed by atoms with Crippen molar-refractivity contribution in [3.63, 3.8) is 0 Å². The first kappa shape index (κ1) is 11.7. The Hall–Kier alpha value is -1.34. The van der Waals surface area contributed by atoms with E-state index in [0.29, 0.717) is 6.04 Å². The lowest BCUT2D eigenvalue weighted by Gasteiger charge is -2.28. The van der Waals surface area contributed by atoms with Gasteiger partial charge in [0.25, 0.3) is 0 Å². The molecule has 1 nitrogen and oxygen atoms in total. The van der Waals surface area contributed by atoms with E-state index in [1.54, 1.807) is 0 Å². The van der Waals surface area contributed by atoms with E-state index in [0.717, 1.165) is 12.3 Å². The van der Waals surface area contributed by atoms with Crippen LogP contribution in [0.15, 0.2) is 42.5 Å². The fourth-order valence-electron chi connectivity index (χ4n) is 3.11. The number of hydrogen-bond acceptors (Lipinski definition) is 1. The molecule has 94 valence electrons. The van der Waals surface area contributed by atoms with Gasteiger partial charge in [0.15, 0.2) is 0 Å². The van der Waals surface area contributed by atoms with Gasteiger partial charge in [-0.2, -0.15) is 0 Å². The zero-order chi connectivity index (χ0) is 12.4. The third-order valence-electron chi connectivity index (χ3n) is 4.10. The van der Waals surface area contributed by atoms with Crippen LogP contribution < -0.4 is 5.32 Å². The molecular weight excluding hydrogens is 218 g/mol. The third-order valence-corrected chi connectivity index (χ3v) is 4.10. The van der Waals surface area contributed by atoms with Gasteiger partial charge in [-0.25, -0.2) is 0 Å². The Balaban J connectivity index is 1.86. The summed E-state index contributed by atoms with van der Waals surface area (Å²) in [4.78, 5) is 0. The second-order valence-electron chi connectivity index (χ2n) is 5.62. The van der Waals surface area contributed by atoms with Crippen LogP contribution in [0.3, 0.4) is 0 Å². The average molecular weight is 239 g/mol. The highest BCUT2D eigenvalue weighted by Gasteiger charge is 2.18. The van der Waals surface area contributed by atoms with Gasteiger partial charge in [0.05, 0.1) is 0 Å². The van der Waals surface area contributed by atoms with Crippen molar-refractivity contribution in [2.75, 3.05) is 6.54 Å². The number of hydrogen-bond donors (Lipinski definition) is 1. The third kappa shape index (κ3) is 2.41. The van der Waals surface area contributed by atoms with Crippen LogP contribution in [0.4, 0.5) is 0 Å². The van der Waals surface area contributed by atoms with E-state index < -0.39 is 0 Å². The lowest BCUT2D eigenvalue weighted by Crippen LogP contribution is -2.38. The summed E-state index contributed by atoms with van der Waals surface area (Å²) in [6.07, 6.45) is 3.79. The summed E-state index contributed by atoms with van der Waals surface area (Å²) in [5, 5.41) is 6.44. The van der Waals surface area contributed by atoms with E-state index in [1.165, 1.54) is 35.7 Å². The minimum Gasteiger partial charge on any atom is -0.314 e. The minimum atomic E-state index is 0.652. The van der Waals surface area contributed by atoms with Gasteiger partial charge in [0, 0.05) is 6.04 Å². The van der Waals surface area contributed by atoms with E-state index in [9.17, 15) is 0 Å². The first-order valence-electron chi connectivity index (χ1n) is 7.03. The highest BCUT2D eigenvalue weighted by molar-refractivity contribution is 5.85. The van der Waals surface area contributed by atoms with Crippen LogP contribution in [-0.4, -0.2) is 12.6 Å². The van der Waals surface area contributed by atoms with Gasteiger partial charge in [-0.05, 0) is 48.1 Å². The summed E-state index contributed by atoms with van der Waals surface area (Å²) in [6.45, 7) is 3.55. The molecule has 1 aliphatic heterocycles. The maximum Gasteiger partial charge on any atom is 0.0110 e. The molecule has 0 bridgehead atoms. The summed E-state index contributed by atoms with van der Waals surface area (Å²) in [5.41, 5.74) is 1.49. The number of benzene rings is 2. The van der Waals surface area contributed by atoms with Gasteiger partial charge in [-0.15, -0.1) is 0 Å². The normalized spacial score (nSPS) is 24.3. The van der Waals surface area contributed by atoms with Gasteiger partial charge < -0.3 is 5.32 Å². The van der Waals surface area contributed by atoms with Crippen molar-refractivity contribution in [1.82, 2.24) is 5.32 Å². The first-order valence-corrected chi connectivity index (χ1v) is 7.03. The molecule has 1 heterocycles. The van der Waals surface area contributed by atoms with Crippen LogP contribution >= 0.6 is 0 Å². The molecule has 2 atom stereocenters. The summed E-state index contributed by atoms with van der Waals surface area (Å²) in [6, 6.07) is 16.0. The maximum absolute atomic E-state index is 3.66. The van der Waals surface area contributed by atoms with E-state index in [-0.39, 0.29) is 0 Å². The van der Waals surface area contributed by atoms with Crippen molar-refractivity contribution in [1.29, 1.82) is 0 Å². The van der Waals surface area contributed by atoms with Crippen LogP contribution in [0, 0.1) is 5.92 Å². The Morgan fingerprint density at radius 1 is 1.11 bits per heavy atom. The molecule has 1 N–H and O–H groups in total. The lowest BCUT2D eigenvalue weighted by atomic mass is 9.89.